The first-order chi connectivity index (χ1) is 33.3. The summed E-state index contributed by atoms with van der Waals surface area (Å²) < 4.78 is 68.0. The molecule has 0 atom stereocenters. The third kappa shape index (κ3) is 9.58. The minimum atomic E-state index is -4.41. The maximum Gasteiger partial charge on any atom is 0.381 e. The van der Waals surface area contributed by atoms with E-state index in [2.05, 4.69) is 185 Å². The molecule has 4 nitrogen and oxygen atoms in total. The molecule has 68 heavy (non-hydrogen) atoms. The fourth-order valence-electron chi connectivity index (χ4n) is 8.58. The number of alkyl halides is 3. The third-order valence-corrected chi connectivity index (χ3v) is 12.2. The Balaban J connectivity index is 0.000000271. The molecule has 8 heteroatoms. The zero-order valence-electron chi connectivity index (χ0n) is 41.9. The van der Waals surface area contributed by atoms with Crippen molar-refractivity contribution in [2.24, 2.45) is 0 Å². The molecule has 0 fully saturated rings. The molecule has 0 bridgehead atoms. The van der Waals surface area contributed by atoms with Crippen LogP contribution in [0.3, 0.4) is 0 Å². The van der Waals surface area contributed by atoms with E-state index in [0.29, 0.717) is 11.3 Å². The number of hydrogen-bond donors (Lipinski definition) is 0. The second kappa shape index (κ2) is 19.2. The second-order valence-corrected chi connectivity index (χ2v) is 18.6. The molecule has 3 aromatic heterocycles. The standard InChI is InChI=1S/C47H43N2O.C13H9F3N.Ir/c1-29(2)39-26-34(33-22-20-32(21-23-33)31-14-9-8-10-15-31)27-40(30(3)4)44(39)49-42-19-12-11-18-41(42)48-46(49)38-17-13-16-37-36-25-24-35(47(5,6)7)28-43(36)50-45(37)38;1-9-2-7-12(17-8-9)10-3-5-11(6-4-10)13(14,15)16;/h8-16,18-30H,1-7H3;2-3,5-8H,1H3;/q2*-1;/i;1D3;. The molecule has 0 amide bonds. The normalized spacial score (nSPS) is 12.7. The number of nitrogens with zero attached hydrogens (tertiary/aromatic N) is 3. The summed E-state index contributed by atoms with van der Waals surface area (Å²) >= 11 is 0. The van der Waals surface area contributed by atoms with Crippen LogP contribution in [0, 0.1) is 19.0 Å². The maximum atomic E-state index is 12.4. The van der Waals surface area contributed by atoms with Crippen molar-refractivity contribution in [2.75, 3.05) is 0 Å². The van der Waals surface area contributed by atoms with E-state index in [0.717, 1.165) is 56.5 Å². The van der Waals surface area contributed by atoms with Crippen LogP contribution in [-0.2, 0) is 31.7 Å². The summed E-state index contributed by atoms with van der Waals surface area (Å²) in [5, 5.41) is 2.19. The van der Waals surface area contributed by atoms with Crippen LogP contribution in [0.1, 0.15) is 92.2 Å². The number of rotatable bonds is 7. The van der Waals surface area contributed by atoms with E-state index in [9.17, 15) is 13.2 Å². The quantitative estimate of drug-likeness (QED) is 0.149. The van der Waals surface area contributed by atoms with Crippen LogP contribution in [0.15, 0.2) is 162 Å². The van der Waals surface area contributed by atoms with Gasteiger partial charge in [0.15, 0.2) is 0 Å². The number of halogens is 3. The minimum Gasteiger partial charge on any atom is -0.501 e. The zero-order valence-corrected chi connectivity index (χ0v) is 41.3. The van der Waals surface area contributed by atoms with E-state index >= 15 is 0 Å². The number of para-hydroxylation sites is 2. The van der Waals surface area contributed by atoms with E-state index in [-0.39, 0.29) is 42.9 Å². The number of hydrogen-bond acceptors (Lipinski definition) is 3. The summed E-state index contributed by atoms with van der Waals surface area (Å²) in [5.74, 6) is 1.37. The Morgan fingerprint density at radius 2 is 1.31 bits per heavy atom. The fraction of sp³-hybridized carbons (Fsp3) is 0.200. The molecule has 10 aromatic rings. The van der Waals surface area contributed by atoms with E-state index in [4.69, 9.17) is 13.5 Å². The summed E-state index contributed by atoms with van der Waals surface area (Å²) in [5.41, 5.74) is 14.6. The molecule has 345 valence electrons. The van der Waals surface area contributed by atoms with Crippen molar-refractivity contribution < 1.29 is 41.8 Å². The Bertz CT molecular complexity index is 3400. The predicted molar refractivity (Wildman–Crippen MR) is 269 cm³/mol. The number of aryl methyl sites for hydroxylation is 1. The molecule has 0 N–H and O–H groups in total. The third-order valence-electron chi connectivity index (χ3n) is 12.2. The molecule has 7 aromatic carbocycles. The van der Waals surface area contributed by atoms with Crippen LogP contribution in [0.2, 0.25) is 0 Å². The van der Waals surface area contributed by atoms with Crippen molar-refractivity contribution in [3.05, 3.63) is 198 Å². The average Bonchev–Trinajstić information content (AvgIpc) is 3.92. The van der Waals surface area contributed by atoms with Crippen molar-refractivity contribution in [3.63, 3.8) is 0 Å². The minimum absolute atomic E-state index is 0. The van der Waals surface area contributed by atoms with E-state index in [1.54, 1.807) is 0 Å². The van der Waals surface area contributed by atoms with Crippen molar-refractivity contribution in [3.8, 4) is 50.6 Å². The van der Waals surface area contributed by atoms with Gasteiger partial charge in [0.2, 0.25) is 0 Å². The van der Waals surface area contributed by atoms with Crippen molar-refractivity contribution in [1.29, 1.82) is 0 Å². The van der Waals surface area contributed by atoms with Crippen LogP contribution in [-0.4, -0.2) is 14.5 Å². The van der Waals surface area contributed by atoms with Gasteiger partial charge in [-0.05, 0) is 110 Å². The first-order valence-electron chi connectivity index (χ1n) is 24.0. The monoisotopic (exact) mass is 1080 g/mol. The average molecular weight is 1080 g/mol. The van der Waals surface area contributed by atoms with Gasteiger partial charge in [-0.3, -0.25) is 4.98 Å². The topological polar surface area (TPSA) is 43.9 Å². The Kier molecular flexibility index (Phi) is 12.4. The smallest absolute Gasteiger partial charge is 0.381 e. The zero-order chi connectivity index (χ0) is 49.7. The summed E-state index contributed by atoms with van der Waals surface area (Å²) in [6.45, 7) is 13.6. The van der Waals surface area contributed by atoms with E-state index in [1.165, 1.54) is 69.0 Å². The Morgan fingerprint density at radius 1 is 0.662 bits per heavy atom. The van der Waals surface area contributed by atoms with Crippen molar-refractivity contribution in [2.45, 2.75) is 78.7 Å². The Hall–Kier alpha value is -6.60. The maximum absolute atomic E-state index is 12.4. The summed E-state index contributed by atoms with van der Waals surface area (Å²) in [6.07, 6.45) is -3.22. The van der Waals surface area contributed by atoms with Crippen LogP contribution in [0.5, 0.6) is 0 Å². The molecule has 0 saturated heterocycles. The molecule has 1 radical (unpaired) electrons. The van der Waals surface area contributed by atoms with Gasteiger partial charge in [0.1, 0.15) is 5.58 Å². The first-order valence-corrected chi connectivity index (χ1v) is 22.5. The van der Waals surface area contributed by atoms with Gasteiger partial charge < -0.3 is 14.0 Å². The molecule has 3 heterocycles. The number of benzene rings is 7. The Morgan fingerprint density at radius 3 is 1.91 bits per heavy atom. The van der Waals surface area contributed by atoms with Crippen LogP contribution < -0.4 is 0 Å². The van der Waals surface area contributed by atoms with Gasteiger partial charge in [-0.25, -0.2) is 0 Å². The number of fused-ring (bicyclic) bond motifs is 4. The molecule has 0 saturated carbocycles. The summed E-state index contributed by atoms with van der Waals surface area (Å²) in [6, 6.07) is 55.5. The number of aromatic nitrogens is 3. The van der Waals surface area contributed by atoms with E-state index < -0.39 is 18.6 Å². The number of imidazole rings is 1. The largest absolute Gasteiger partial charge is 0.501 e. The van der Waals surface area contributed by atoms with Gasteiger partial charge in [0, 0.05) is 41.5 Å². The first kappa shape index (κ1) is 43.9. The van der Waals surface area contributed by atoms with Gasteiger partial charge in [-0.15, -0.1) is 48.0 Å². The summed E-state index contributed by atoms with van der Waals surface area (Å²) in [4.78, 5) is 9.26. The molecule has 10 rings (SSSR count). The molecule has 0 spiro atoms. The molecule has 0 aliphatic rings. The van der Waals surface area contributed by atoms with E-state index in [1.807, 2.05) is 6.07 Å². The number of pyridine rings is 1. The van der Waals surface area contributed by atoms with Crippen LogP contribution in [0.25, 0.3) is 83.6 Å². The predicted octanol–water partition coefficient (Wildman–Crippen LogP) is 17.1. The van der Waals surface area contributed by atoms with Gasteiger partial charge in [-0.1, -0.05) is 150 Å². The summed E-state index contributed by atoms with van der Waals surface area (Å²) in [7, 11) is 0. The fourth-order valence-corrected chi connectivity index (χ4v) is 8.58. The van der Waals surface area contributed by atoms with Crippen molar-refractivity contribution in [1.82, 2.24) is 14.5 Å². The molecule has 0 unspecified atom stereocenters. The second-order valence-electron chi connectivity index (χ2n) is 18.6. The van der Waals surface area contributed by atoms with Gasteiger partial charge in [0.05, 0.1) is 22.4 Å². The van der Waals surface area contributed by atoms with Crippen molar-refractivity contribution >= 4 is 33.0 Å². The van der Waals surface area contributed by atoms with Gasteiger partial charge >= 0.3 is 6.18 Å². The van der Waals surface area contributed by atoms with Gasteiger partial charge in [-0.2, -0.15) is 13.2 Å². The van der Waals surface area contributed by atoms with Crippen LogP contribution in [0.4, 0.5) is 13.2 Å². The van der Waals surface area contributed by atoms with Crippen LogP contribution >= 0.6 is 0 Å². The molecular weight excluding hydrogens is 1030 g/mol. The Labute approximate surface area is 414 Å². The molecule has 0 aliphatic heterocycles. The van der Waals surface area contributed by atoms with Gasteiger partial charge in [0.25, 0.3) is 0 Å². The SMILES string of the molecule is CC(C)c1cc(-c2ccc(-c3ccccc3)cc2)cc(C(C)C)c1-n1c(-c2[c-]ccc3c2oc2cc(C(C)(C)C)ccc23)nc2ccccc21.[2H]C([2H])([2H])c1ccc(-c2[c-]cc(C(F)(F)F)cc2)nc1.[Ir]. The molecular formula is C60H52F3IrN3O-2. The molecule has 0 aliphatic carbocycles. The number of furan rings is 1.